The zero-order chi connectivity index (χ0) is 15.4. The normalized spacial score (nSPS) is 13.6. The van der Waals surface area contributed by atoms with Crippen molar-refractivity contribution in [1.82, 2.24) is 4.98 Å². The Kier molecular flexibility index (Phi) is 4.58. The summed E-state index contributed by atoms with van der Waals surface area (Å²) in [5.41, 5.74) is 1.42. The molecular weight excluding hydrogens is 266 g/mol. The molecule has 1 heterocycles. The summed E-state index contributed by atoms with van der Waals surface area (Å²) in [4.78, 5) is 26.3. The number of Topliss-reactive ketones (excluding diaryl/α,β-unsaturated/α-hetero) is 1. The van der Waals surface area contributed by atoms with E-state index in [0.717, 1.165) is 12.0 Å². The monoisotopic (exact) mass is 285 g/mol. The van der Waals surface area contributed by atoms with Crippen molar-refractivity contribution in [2.75, 3.05) is 0 Å². The van der Waals surface area contributed by atoms with Crippen molar-refractivity contribution in [1.29, 1.82) is 0 Å². The molecule has 0 radical (unpaired) electrons. The van der Waals surface area contributed by atoms with Gasteiger partial charge in [0.2, 0.25) is 0 Å². The molecule has 2 unspecified atom stereocenters. The molecule has 1 aromatic heterocycles. The van der Waals surface area contributed by atoms with Crippen LogP contribution in [0.3, 0.4) is 0 Å². The Morgan fingerprint density at radius 3 is 2.43 bits per heavy atom. The Hall–Kier alpha value is -2.36. The highest BCUT2D eigenvalue weighted by Crippen LogP contribution is 2.30. The number of carboxylic acid groups (broad SMARTS) is 1. The summed E-state index contributed by atoms with van der Waals surface area (Å²) in [7, 11) is 0. The molecule has 0 amide bonds. The third kappa shape index (κ3) is 3.21. The van der Waals surface area contributed by atoms with E-state index in [2.05, 4.69) is 4.98 Å². The van der Waals surface area contributed by atoms with Gasteiger partial charge in [0.25, 0.3) is 0 Å². The molecule has 0 saturated heterocycles. The summed E-state index contributed by atoms with van der Waals surface area (Å²) in [6.07, 6.45) is 2.35. The van der Waals surface area contributed by atoms with Gasteiger partial charge in [-0.05, 0) is 17.5 Å². The number of rotatable bonds is 6. The molecule has 0 saturated carbocycles. The van der Waals surface area contributed by atoms with E-state index in [1.807, 2.05) is 44.2 Å². The molecule has 0 aliphatic rings. The van der Waals surface area contributed by atoms with Crippen molar-refractivity contribution < 1.29 is 14.7 Å². The molecule has 0 aliphatic heterocycles. The van der Waals surface area contributed by atoms with Gasteiger partial charge in [-0.15, -0.1) is 0 Å². The molecule has 2 N–H and O–H groups in total. The number of benzene rings is 1. The first kappa shape index (κ1) is 15.0. The van der Waals surface area contributed by atoms with Crippen LogP contribution < -0.4 is 0 Å². The van der Waals surface area contributed by atoms with Crippen LogP contribution in [0.15, 0.2) is 42.6 Å². The summed E-state index contributed by atoms with van der Waals surface area (Å²) in [5, 5.41) is 8.95. The van der Waals surface area contributed by atoms with Crippen LogP contribution in [0.2, 0.25) is 0 Å². The van der Waals surface area contributed by atoms with Gasteiger partial charge in [-0.2, -0.15) is 0 Å². The largest absolute Gasteiger partial charge is 0.477 e. The minimum atomic E-state index is -1.06. The van der Waals surface area contributed by atoms with Crippen molar-refractivity contribution in [2.24, 2.45) is 5.92 Å². The van der Waals surface area contributed by atoms with E-state index < -0.39 is 5.97 Å². The van der Waals surface area contributed by atoms with Gasteiger partial charge in [0.05, 0.1) is 0 Å². The summed E-state index contributed by atoms with van der Waals surface area (Å²) in [5.74, 6) is -1.18. The van der Waals surface area contributed by atoms with Crippen molar-refractivity contribution in [3.8, 4) is 0 Å². The van der Waals surface area contributed by atoms with Crippen molar-refractivity contribution in [2.45, 2.75) is 26.2 Å². The lowest BCUT2D eigenvalue weighted by atomic mass is 9.81. The highest BCUT2D eigenvalue weighted by atomic mass is 16.4. The Morgan fingerprint density at radius 2 is 1.90 bits per heavy atom. The second kappa shape index (κ2) is 6.39. The van der Waals surface area contributed by atoms with Gasteiger partial charge >= 0.3 is 5.97 Å². The number of aromatic carboxylic acids is 1. The van der Waals surface area contributed by atoms with Crippen molar-refractivity contribution in [3.05, 3.63) is 59.4 Å². The second-order valence-corrected chi connectivity index (χ2v) is 5.25. The van der Waals surface area contributed by atoms with E-state index in [1.54, 1.807) is 0 Å². The fourth-order valence-electron chi connectivity index (χ4n) is 2.47. The summed E-state index contributed by atoms with van der Waals surface area (Å²) in [6.45, 7) is 4.09. The van der Waals surface area contributed by atoms with E-state index >= 15 is 0 Å². The van der Waals surface area contributed by atoms with Crippen LogP contribution in [0.25, 0.3) is 0 Å². The van der Waals surface area contributed by atoms with Gasteiger partial charge in [-0.3, -0.25) is 4.79 Å². The Balaban J connectivity index is 2.36. The first-order valence-electron chi connectivity index (χ1n) is 7.05. The molecule has 4 nitrogen and oxygen atoms in total. The van der Waals surface area contributed by atoms with E-state index in [-0.39, 0.29) is 23.3 Å². The molecule has 0 spiro atoms. The first-order valence-corrected chi connectivity index (χ1v) is 7.05. The van der Waals surface area contributed by atoms with Gasteiger partial charge in [-0.25, -0.2) is 4.79 Å². The van der Waals surface area contributed by atoms with Gasteiger partial charge < -0.3 is 10.1 Å². The summed E-state index contributed by atoms with van der Waals surface area (Å²) < 4.78 is 0. The predicted molar refractivity (Wildman–Crippen MR) is 80.7 cm³/mol. The number of nitrogens with one attached hydrogen (secondary N) is 1. The standard InChI is InChI=1S/C17H19NO3/c1-3-11(2)15(12-7-5-4-6-8-12)16(19)13-9-14(17(20)21)18-10-13/h4-11,15,18H,3H2,1-2H3,(H,20,21). The fraction of sp³-hybridized carbons (Fsp3) is 0.294. The molecule has 0 aliphatic carbocycles. The molecule has 2 rings (SSSR count). The summed E-state index contributed by atoms with van der Waals surface area (Å²) >= 11 is 0. The molecular formula is C17H19NO3. The maximum Gasteiger partial charge on any atom is 0.352 e. The Labute approximate surface area is 123 Å². The zero-order valence-corrected chi connectivity index (χ0v) is 12.2. The zero-order valence-electron chi connectivity index (χ0n) is 12.2. The Bertz CT molecular complexity index is 630. The maximum atomic E-state index is 12.8. The number of aromatic nitrogens is 1. The molecule has 2 aromatic rings. The third-order valence-electron chi connectivity index (χ3n) is 3.85. The number of hydrogen-bond donors (Lipinski definition) is 2. The molecule has 110 valence electrons. The molecule has 4 heteroatoms. The second-order valence-electron chi connectivity index (χ2n) is 5.25. The van der Waals surface area contributed by atoms with E-state index in [4.69, 9.17) is 5.11 Å². The predicted octanol–water partition coefficient (Wildman–Crippen LogP) is 3.73. The SMILES string of the molecule is CCC(C)C(C(=O)c1c[nH]c(C(=O)O)c1)c1ccccc1. The maximum absolute atomic E-state index is 12.8. The number of H-pyrrole nitrogens is 1. The molecule has 21 heavy (non-hydrogen) atoms. The van der Waals surface area contributed by atoms with E-state index in [1.165, 1.54) is 12.3 Å². The lowest BCUT2D eigenvalue weighted by Crippen LogP contribution is -2.19. The minimum Gasteiger partial charge on any atom is -0.477 e. The van der Waals surface area contributed by atoms with Crippen LogP contribution in [0.4, 0.5) is 0 Å². The van der Waals surface area contributed by atoms with E-state index in [9.17, 15) is 9.59 Å². The van der Waals surface area contributed by atoms with Crippen LogP contribution >= 0.6 is 0 Å². The first-order chi connectivity index (χ1) is 10.0. The molecule has 0 fully saturated rings. The van der Waals surface area contributed by atoms with Crippen LogP contribution in [-0.2, 0) is 0 Å². The van der Waals surface area contributed by atoms with Crippen LogP contribution in [-0.4, -0.2) is 21.8 Å². The molecule has 0 bridgehead atoms. The number of carbonyl (C=O) groups is 2. The highest BCUT2D eigenvalue weighted by Gasteiger charge is 2.27. The third-order valence-corrected chi connectivity index (χ3v) is 3.85. The lowest BCUT2D eigenvalue weighted by Gasteiger charge is -2.21. The highest BCUT2D eigenvalue weighted by molar-refractivity contribution is 6.02. The van der Waals surface area contributed by atoms with Gasteiger partial charge in [0.1, 0.15) is 5.69 Å². The average molecular weight is 285 g/mol. The lowest BCUT2D eigenvalue weighted by molar-refractivity contribution is 0.0691. The summed E-state index contributed by atoms with van der Waals surface area (Å²) in [6, 6.07) is 11.0. The number of carboxylic acids is 1. The van der Waals surface area contributed by atoms with Crippen molar-refractivity contribution >= 4 is 11.8 Å². The molecule has 1 aromatic carbocycles. The van der Waals surface area contributed by atoms with Gasteiger partial charge in [0.15, 0.2) is 5.78 Å². The number of aromatic amines is 1. The molecule has 2 atom stereocenters. The van der Waals surface area contributed by atoms with Crippen molar-refractivity contribution in [3.63, 3.8) is 0 Å². The number of carbonyl (C=O) groups excluding carboxylic acids is 1. The quantitative estimate of drug-likeness (QED) is 0.794. The van der Waals surface area contributed by atoms with Gasteiger partial charge in [-0.1, -0.05) is 50.6 Å². The van der Waals surface area contributed by atoms with Gasteiger partial charge in [0, 0.05) is 17.7 Å². The average Bonchev–Trinajstić information content (AvgIpc) is 2.98. The minimum absolute atomic E-state index is 0.0364. The number of ketones is 1. The smallest absolute Gasteiger partial charge is 0.352 e. The Morgan fingerprint density at radius 1 is 1.24 bits per heavy atom. The van der Waals surface area contributed by atoms with E-state index in [0.29, 0.717) is 5.56 Å². The number of hydrogen-bond acceptors (Lipinski definition) is 2. The van der Waals surface area contributed by atoms with Crippen LogP contribution in [0.1, 0.15) is 52.6 Å². The van der Waals surface area contributed by atoms with Crippen LogP contribution in [0.5, 0.6) is 0 Å². The fourth-order valence-corrected chi connectivity index (χ4v) is 2.47. The van der Waals surface area contributed by atoms with Crippen LogP contribution in [0, 0.1) is 5.92 Å². The topological polar surface area (TPSA) is 70.2 Å².